The molecule has 0 saturated carbocycles. The Bertz CT molecular complexity index is 1390. The van der Waals surface area contributed by atoms with Crippen molar-refractivity contribution in [2.75, 3.05) is 29.9 Å². The van der Waals surface area contributed by atoms with Gasteiger partial charge in [-0.3, -0.25) is 14.5 Å². The number of piperidine rings is 1. The number of fused-ring (bicyclic) bond motifs is 1. The van der Waals surface area contributed by atoms with Crippen LogP contribution in [0.1, 0.15) is 26.7 Å². The summed E-state index contributed by atoms with van der Waals surface area (Å²) >= 11 is 0. The molecule has 3 N–H and O–H groups in total. The summed E-state index contributed by atoms with van der Waals surface area (Å²) < 4.78 is 3.57. The van der Waals surface area contributed by atoms with E-state index in [-0.39, 0.29) is 6.03 Å². The van der Waals surface area contributed by atoms with E-state index >= 15 is 0 Å². The fourth-order valence-electron chi connectivity index (χ4n) is 4.25. The zero-order chi connectivity index (χ0) is 25.3. The first kappa shape index (κ1) is 23.3. The van der Waals surface area contributed by atoms with Gasteiger partial charge in [0, 0.05) is 50.0 Å². The molecule has 0 aromatic carbocycles. The highest BCUT2D eigenvalue weighted by molar-refractivity contribution is 5.88. The lowest BCUT2D eigenvalue weighted by Gasteiger charge is -2.36. The molecule has 5 heterocycles. The molecule has 0 spiro atoms. The monoisotopic (exact) mass is 489 g/mol. The van der Waals surface area contributed by atoms with Gasteiger partial charge < -0.3 is 15.3 Å². The maximum atomic E-state index is 12.0. The number of carboxylic acid groups (broad SMARTS) is 1. The largest absolute Gasteiger partial charge is 0.481 e. The van der Waals surface area contributed by atoms with E-state index in [1.54, 1.807) is 36.4 Å². The van der Waals surface area contributed by atoms with Gasteiger partial charge in [-0.1, -0.05) is 0 Å². The highest BCUT2D eigenvalue weighted by atomic mass is 16.4. The number of hydrogen-bond donors (Lipinski definition) is 3. The average Bonchev–Trinajstić information content (AvgIpc) is 3.54. The van der Waals surface area contributed by atoms with Crippen molar-refractivity contribution in [2.45, 2.75) is 26.7 Å². The van der Waals surface area contributed by atoms with E-state index in [9.17, 15) is 14.7 Å². The van der Waals surface area contributed by atoms with E-state index in [0.717, 1.165) is 16.9 Å². The maximum absolute atomic E-state index is 12.0. The van der Waals surface area contributed by atoms with Gasteiger partial charge in [-0.2, -0.15) is 5.10 Å². The lowest BCUT2D eigenvalue weighted by atomic mass is 9.80. The molecule has 1 aliphatic heterocycles. The standard InChI is InChI=1S/C24H27N9O3/c1-3-25-23(36)30-18-15-32-19(29-18)11-16(12-20(32)33-8-4-7-28-33)17-13-26-22(27-14-17)31-9-5-24(2,6-10-31)21(34)35/h4,7-8,11-15H,3,5-6,9-10H2,1-2H3,(H,34,35)(H2,25,30,36). The molecule has 2 amide bonds. The van der Waals surface area contributed by atoms with Crippen LogP contribution in [0.5, 0.6) is 0 Å². The highest BCUT2D eigenvalue weighted by Crippen LogP contribution is 2.32. The smallest absolute Gasteiger partial charge is 0.320 e. The van der Waals surface area contributed by atoms with Crippen molar-refractivity contribution in [3.63, 3.8) is 0 Å². The predicted molar refractivity (Wildman–Crippen MR) is 133 cm³/mol. The molecule has 36 heavy (non-hydrogen) atoms. The lowest BCUT2D eigenvalue weighted by molar-refractivity contribution is -0.149. The van der Waals surface area contributed by atoms with E-state index in [2.05, 4.69) is 30.7 Å². The van der Waals surface area contributed by atoms with Crippen molar-refractivity contribution in [2.24, 2.45) is 5.41 Å². The summed E-state index contributed by atoms with van der Waals surface area (Å²) in [6.45, 7) is 5.32. The maximum Gasteiger partial charge on any atom is 0.320 e. The van der Waals surface area contributed by atoms with E-state index in [1.807, 2.05) is 40.6 Å². The van der Waals surface area contributed by atoms with Gasteiger partial charge >= 0.3 is 12.0 Å². The third-order valence-corrected chi connectivity index (χ3v) is 6.50. The van der Waals surface area contributed by atoms with E-state index < -0.39 is 11.4 Å². The van der Waals surface area contributed by atoms with E-state index in [4.69, 9.17) is 0 Å². The van der Waals surface area contributed by atoms with Crippen molar-refractivity contribution in [1.29, 1.82) is 0 Å². The van der Waals surface area contributed by atoms with Gasteiger partial charge in [0.05, 0.1) is 11.6 Å². The molecule has 12 nitrogen and oxygen atoms in total. The summed E-state index contributed by atoms with van der Waals surface area (Å²) in [6.07, 6.45) is 9.86. The SMILES string of the molecule is CCNC(=O)Nc1cn2c(-n3cccn3)cc(-c3cnc(N4CCC(C)(C(=O)O)CC4)nc3)cc2n1. The van der Waals surface area contributed by atoms with Gasteiger partial charge in [-0.15, -0.1) is 0 Å². The Morgan fingerprint density at radius 2 is 1.89 bits per heavy atom. The van der Waals surface area contributed by atoms with Crippen LogP contribution in [-0.4, -0.2) is 65.9 Å². The molecule has 0 unspecified atom stereocenters. The average molecular weight is 490 g/mol. The lowest BCUT2D eigenvalue weighted by Crippen LogP contribution is -2.43. The Kier molecular flexibility index (Phi) is 6.00. The number of aliphatic carboxylic acids is 1. The van der Waals surface area contributed by atoms with Crippen LogP contribution in [0.25, 0.3) is 22.6 Å². The van der Waals surface area contributed by atoms with Gasteiger partial charge in [-0.05, 0) is 50.5 Å². The first-order chi connectivity index (χ1) is 17.4. The number of rotatable bonds is 6. The van der Waals surface area contributed by atoms with Gasteiger partial charge in [0.25, 0.3) is 0 Å². The number of urea groups is 1. The Hall–Kier alpha value is -4.48. The number of pyridine rings is 1. The zero-order valence-corrected chi connectivity index (χ0v) is 20.0. The third-order valence-electron chi connectivity index (χ3n) is 6.50. The molecule has 0 aliphatic carbocycles. The number of carboxylic acids is 1. The first-order valence-electron chi connectivity index (χ1n) is 11.7. The quantitative estimate of drug-likeness (QED) is 0.375. The van der Waals surface area contributed by atoms with Crippen LogP contribution in [-0.2, 0) is 4.79 Å². The summed E-state index contributed by atoms with van der Waals surface area (Å²) in [6, 6.07) is 5.35. The van der Waals surface area contributed by atoms with Crippen LogP contribution < -0.4 is 15.5 Å². The van der Waals surface area contributed by atoms with Crippen molar-refractivity contribution in [1.82, 2.24) is 34.4 Å². The van der Waals surface area contributed by atoms with E-state index in [1.165, 1.54) is 0 Å². The molecule has 5 rings (SSSR count). The Morgan fingerprint density at radius 3 is 2.53 bits per heavy atom. The van der Waals surface area contributed by atoms with Gasteiger partial charge in [0.15, 0.2) is 5.82 Å². The molecule has 1 fully saturated rings. The minimum atomic E-state index is -0.759. The Balaban J connectivity index is 1.44. The first-order valence-corrected chi connectivity index (χ1v) is 11.7. The third kappa shape index (κ3) is 4.44. The zero-order valence-electron chi connectivity index (χ0n) is 20.0. The normalized spacial score (nSPS) is 15.1. The fourth-order valence-corrected chi connectivity index (χ4v) is 4.25. The van der Waals surface area contributed by atoms with Crippen molar-refractivity contribution in [3.8, 4) is 16.9 Å². The van der Waals surface area contributed by atoms with E-state index in [0.29, 0.717) is 49.9 Å². The second-order valence-electron chi connectivity index (χ2n) is 9.02. The molecule has 1 saturated heterocycles. The Morgan fingerprint density at radius 1 is 1.14 bits per heavy atom. The van der Waals surface area contributed by atoms with Crippen LogP contribution in [0, 0.1) is 5.41 Å². The van der Waals surface area contributed by atoms with Crippen LogP contribution in [0.3, 0.4) is 0 Å². The number of hydrogen-bond acceptors (Lipinski definition) is 7. The van der Waals surface area contributed by atoms with Crippen LogP contribution in [0.15, 0.2) is 49.2 Å². The molecule has 0 atom stereocenters. The summed E-state index contributed by atoms with van der Waals surface area (Å²) in [7, 11) is 0. The van der Waals surface area contributed by atoms with Crippen LogP contribution >= 0.6 is 0 Å². The Labute approximate surface area is 207 Å². The number of carbonyl (C=O) groups is 2. The van der Waals surface area contributed by atoms with Gasteiger partial charge in [0.1, 0.15) is 11.5 Å². The molecule has 0 bridgehead atoms. The van der Waals surface area contributed by atoms with Crippen molar-refractivity contribution >= 4 is 29.4 Å². The second-order valence-corrected chi connectivity index (χ2v) is 9.02. The predicted octanol–water partition coefficient (Wildman–Crippen LogP) is 2.81. The topological polar surface area (TPSA) is 143 Å². The molecule has 1 aliphatic rings. The number of nitrogens with zero attached hydrogens (tertiary/aromatic N) is 7. The number of anilines is 2. The number of aromatic nitrogens is 6. The number of amides is 2. The molecule has 0 radical (unpaired) electrons. The molecule has 4 aromatic rings. The summed E-state index contributed by atoms with van der Waals surface area (Å²) in [5.74, 6) is 0.965. The number of nitrogens with one attached hydrogen (secondary N) is 2. The van der Waals surface area contributed by atoms with Crippen molar-refractivity contribution < 1.29 is 14.7 Å². The molecular weight excluding hydrogens is 462 g/mol. The second kappa shape index (κ2) is 9.29. The minimum Gasteiger partial charge on any atom is -0.481 e. The van der Waals surface area contributed by atoms with Crippen LogP contribution in [0.2, 0.25) is 0 Å². The van der Waals surface area contributed by atoms with Gasteiger partial charge in [0.2, 0.25) is 5.95 Å². The number of imidazole rings is 1. The molecule has 12 heteroatoms. The highest BCUT2D eigenvalue weighted by Gasteiger charge is 2.37. The number of carbonyl (C=O) groups excluding carboxylic acids is 1. The fraction of sp³-hybridized carbons (Fsp3) is 0.333. The molecular formula is C24H27N9O3. The minimum absolute atomic E-state index is 0.327. The van der Waals surface area contributed by atoms with Crippen LogP contribution in [0.4, 0.5) is 16.6 Å². The summed E-state index contributed by atoms with van der Waals surface area (Å²) in [4.78, 5) is 39.2. The molecule has 186 valence electrons. The summed E-state index contributed by atoms with van der Waals surface area (Å²) in [5.41, 5.74) is 1.55. The summed E-state index contributed by atoms with van der Waals surface area (Å²) in [5, 5.41) is 19.3. The molecule has 4 aromatic heterocycles. The van der Waals surface area contributed by atoms with Gasteiger partial charge in [-0.25, -0.2) is 24.4 Å². The van der Waals surface area contributed by atoms with Crippen molar-refractivity contribution in [3.05, 3.63) is 49.2 Å².